The number of hydrogen-bond donors (Lipinski definition) is 1. The number of para-hydroxylation sites is 1. The third-order valence-corrected chi connectivity index (χ3v) is 2.87. The third-order valence-electron chi connectivity index (χ3n) is 2.87. The fourth-order valence-corrected chi connectivity index (χ4v) is 1.70. The highest BCUT2D eigenvalue weighted by Gasteiger charge is 2.05. The zero-order chi connectivity index (χ0) is 13.5. The average molecular weight is 257 g/mol. The van der Waals surface area contributed by atoms with E-state index >= 15 is 0 Å². The maximum atomic E-state index is 5.93. The molecule has 2 N–H and O–H groups in total. The average Bonchev–Trinajstić information content (AvgIpc) is 2.46. The van der Waals surface area contributed by atoms with Gasteiger partial charge in [-0.15, -0.1) is 0 Å². The first-order valence-corrected chi connectivity index (χ1v) is 6.52. The highest BCUT2D eigenvalue weighted by atomic mass is 16.5. The Hall–Kier alpha value is -1.94. The van der Waals surface area contributed by atoms with Crippen LogP contribution in [0.5, 0.6) is 5.75 Å². The van der Waals surface area contributed by atoms with Gasteiger partial charge in [-0.05, 0) is 24.6 Å². The van der Waals surface area contributed by atoms with Crippen molar-refractivity contribution in [3.8, 4) is 5.75 Å². The molecule has 0 aliphatic heterocycles. The zero-order valence-corrected chi connectivity index (χ0v) is 11.1. The van der Waals surface area contributed by atoms with Gasteiger partial charge in [0.15, 0.2) is 5.82 Å². The molecule has 2 aromatic rings. The highest BCUT2D eigenvalue weighted by Crippen LogP contribution is 2.10. The molecule has 4 nitrogen and oxygen atoms in total. The van der Waals surface area contributed by atoms with Crippen LogP contribution >= 0.6 is 0 Å². The fourth-order valence-electron chi connectivity index (χ4n) is 1.70. The Balaban J connectivity index is 1.95. The van der Waals surface area contributed by atoms with Crippen molar-refractivity contribution in [3.63, 3.8) is 0 Å². The van der Waals surface area contributed by atoms with Crippen molar-refractivity contribution in [1.29, 1.82) is 0 Å². The molecule has 1 heterocycles. The Bertz CT molecular complexity index is 502. The van der Waals surface area contributed by atoms with E-state index < -0.39 is 0 Å². The molecule has 0 aliphatic carbocycles. The Morgan fingerprint density at radius 3 is 2.74 bits per heavy atom. The molecule has 0 fully saturated rings. The summed E-state index contributed by atoms with van der Waals surface area (Å²) < 4.78 is 5.62. The number of nitrogens with zero attached hydrogens (tertiary/aromatic N) is 2. The minimum absolute atomic E-state index is 0.151. The number of aromatic nitrogens is 2. The molecule has 0 bridgehead atoms. The van der Waals surface area contributed by atoms with Gasteiger partial charge in [0.2, 0.25) is 0 Å². The minimum Gasteiger partial charge on any atom is -0.486 e. The van der Waals surface area contributed by atoms with Gasteiger partial charge in [0.1, 0.15) is 12.4 Å². The van der Waals surface area contributed by atoms with Crippen molar-refractivity contribution < 1.29 is 4.74 Å². The monoisotopic (exact) mass is 257 g/mol. The highest BCUT2D eigenvalue weighted by molar-refractivity contribution is 5.21. The number of ether oxygens (including phenoxy) is 1. The van der Waals surface area contributed by atoms with E-state index in [9.17, 15) is 0 Å². The number of benzene rings is 1. The van der Waals surface area contributed by atoms with Crippen molar-refractivity contribution in [2.24, 2.45) is 5.73 Å². The topological polar surface area (TPSA) is 61.0 Å². The van der Waals surface area contributed by atoms with Gasteiger partial charge in [-0.25, -0.2) is 9.97 Å². The summed E-state index contributed by atoms with van der Waals surface area (Å²) in [5.74, 6) is 1.51. The molecule has 1 aromatic heterocycles. The second-order valence-electron chi connectivity index (χ2n) is 4.44. The summed E-state index contributed by atoms with van der Waals surface area (Å²) in [5.41, 5.74) is 6.90. The molecule has 0 aliphatic rings. The van der Waals surface area contributed by atoms with Gasteiger partial charge in [0, 0.05) is 24.4 Å². The number of hydrogen-bond acceptors (Lipinski definition) is 4. The molecule has 19 heavy (non-hydrogen) atoms. The van der Waals surface area contributed by atoms with Crippen molar-refractivity contribution in [2.75, 3.05) is 0 Å². The largest absolute Gasteiger partial charge is 0.486 e. The molecule has 1 aromatic carbocycles. The lowest BCUT2D eigenvalue weighted by molar-refractivity contribution is 0.295. The van der Waals surface area contributed by atoms with E-state index in [1.165, 1.54) is 0 Å². The summed E-state index contributed by atoms with van der Waals surface area (Å²) in [6.45, 7) is 2.45. The van der Waals surface area contributed by atoms with Crippen molar-refractivity contribution in [3.05, 3.63) is 54.1 Å². The van der Waals surface area contributed by atoms with Gasteiger partial charge in [-0.1, -0.05) is 25.1 Å². The molecule has 1 unspecified atom stereocenters. The van der Waals surface area contributed by atoms with E-state index in [1.807, 2.05) is 36.4 Å². The molecule has 0 amide bonds. The second-order valence-corrected chi connectivity index (χ2v) is 4.44. The Kier molecular flexibility index (Phi) is 4.86. The molecular weight excluding hydrogens is 238 g/mol. The number of rotatable bonds is 6. The molecule has 0 saturated heterocycles. The van der Waals surface area contributed by atoms with Gasteiger partial charge in [0.25, 0.3) is 0 Å². The quantitative estimate of drug-likeness (QED) is 0.862. The molecule has 4 heteroatoms. The van der Waals surface area contributed by atoms with E-state index in [4.69, 9.17) is 10.5 Å². The van der Waals surface area contributed by atoms with Crippen LogP contribution in [0.4, 0.5) is 0 Å². The fraction of sp³-hybridized carbons (Fsp3) is 0.333. The van der Waals surface area contributed by atoms with Crippen LogP contribution in [-0.2, 0) is 13.0 Å². The second kappa shape index (κ2) is 6.85. The summed E-state index contributed by atoms with van der Waals surface area (Å²) in [6, 6.07) is 11.7. The molecular formula is C15H19N3O. The smallest absolute Gasteiger partial charge is 0.166 e. The van der Waals surface area contributed by atoms with Crippen molar-refractivity contribution in [2.45, 2.75) is 32.4 Å². The first kappa shape index (κ1) is 13.5. The van der Waals surface area contributed by atoms with Gasteiger partial charge in [-0.3, -0.25) is 0 Å². The normalized spacial score (nSPS) is 12.1. The van der Waals surface area contributed by atoms with Crippen molar-refractivity contribution in [1.82, 2.24) is 9.97 Å². The van der Waals surface area contributed by atoms with E-state index in [2.05, 4.69) is 16.9 Å². The van der Waals surface area contributed by atoms with Gasteiger partial charge >= 0.3 is 0 Å². The summed E-state index contributed by atoms with van der Waals surface area (Å²) in [6.07, 6.45) is 3.48. The summed E-state index contributed by atoms with van der Waals surface area (Å²) in [4.78, 5) is 8.67. The molecule has 0 saturated carbocycles. The van der Waals surface area contributed by atoms with Crippen molar-refractivity contribution >= 4 is 0 Å². The predicted molar refractivity (Wildman–Crippen MR) is 74.8 cm³/mol. The minimum atomic E-state index is 0.151. The summed E-state index contributed by atoms with van der Waals surface area (Å²) in [5, 5.41) is 0. The maximum absolute atomic E-state index is 5.93. The molecule has 100 valence electrons. The van der Waals surface area contributed by atoms with E-state index in [0.29, 0.717) is 12.4 Å². The van der Waals surface area contributed by atoms with Crippen LogP contribution in [0.1, 0.15) is 24.9 Å². The van der Waals surface area contributed by atoms with Crippen LogP contribution in [-0.4, -0.2) is 16.0 Å². The SMILES string of the molecule is CCC(N)Cc1ccnc(COc2ccccc2)n1. The first-order chi connectivity index (χ1) is 9.28. The Morgan fingerprint density at radius 1 is 1.21 bits per heavy atom. The van der Waals surface area contributed by atoms with Crippen LogP contribution in [0.2, 0.25) is 0 Å². The van der Waals surface area contributed by atoms with E-state index in [-0.39, 0.29) is 6.04 Å². The standard InChI is InChI=1S/C15H19N3O/c1-2-12(16)10-13-8-9-17-15(18-13)11-19-14-6-4-3-5-7-14/h3-9,12H,2,10-11,16H2,1H3. The van der Waals surface area contributed by atoms with Gasteiger partial charge < -0.3 is 10.5 Å². The molecule has 2 rings (SSSR count). The maximum Gasteiger partial charge on any atom is 0.166 e. The van der Waals surface area contributed by atoms with Gasteiger partial charge in [-0.2, -0.15) is 0 Å². The van der Waals surface area contributed by atoms with E-state index in [1.54, 1.807) is 6.20 Å². The van der Waals surface area contributed by atoms with Crippen LogP contribution in [0.3, 0.4) is 0 Å². The lowest BCUT2D eigenvalue weighted by atomic mass is 10.1. The Morgan fingerprint density at radius 2 is 2.00 bits per heavy atom. The zero-order valence-electron chi connectivity index (χ0n) is 11.1. The molecule has 0 radical (unpaired) electrons. The van der Waals surface area contributed by atoms with Crippen LogP contribution in [0, 0.1) is 0 Å². The van der Waals surface area contributed by atoms with Crippen LogP contribution in [0.15, 0.2) is 42.6 Å². The lowest BCUT2D eigenvalue weighted by Gasteiger charge is -2.09. The summed E-state index contributed by atoms with van der Waals surface area (Å²) in [7, 11) is 0. The molecule has 0 spiro atoms. The lowest BCUT2D eigenvalue weighted by Crippen LogP contribution is -2.22. The van der Waals surface area contributed by atoms with Crippen LogP contribution in [0.25, 0.3) is 0 Å². The molecule has 1 atom stereocenters. The first-order valence-electron chi connectivity index (χ1n) is 6.52. The third kappa shape index (κ3) is 4.34. The van der Waals surface area contributed by atoms with Crippen LogP contribution < -0.4 is 10.5 Å². The Labute approximate surface area is 113 Å². The predicted octanol–water partition coefficient (Wildman–Crippen LogP) is 2.34. The summed E-state index contributed by atoms with van der Waals surface area (Å²) >= 11 is 0. The van der Waals surface area contributed by atoms with Gasteiger partial charge in [0.05, 0.1) is 0 Å². The number of nitrogens with two attached hydrogens (primary N) is 1. The van der Waals surface area contributed by atoms with E-state index in [0.717, 1.165) is 24.3 Å².